The fourth-order valence-electron chi connectivity index (χ4n) is 3.37. The number of carbonyl (C=O) groups excluding carboxylic acids is 2. The number of aryl methyl sites for hydroxylation is 1. The molecule has 8 nitrogen and oxygen atoms in total. The molecule has 0 spiro atoms. The number of ether oxygens (including phenoxy) is 1. The van der Waals surface area contributed by atoms with Crippen LogP contribution in [0.5, 0.6) is 0 Å². The Morgan fingerprint density at radius 1 is 1.22 bits per heavy atom. The summed E-state index contributed by atoms with van der Waals surface area (Å²) in [6, 6.07) is 5.64. The second kappa shape index (κ2) is 10.5. The van der Waals surface area contributed by atoms with Gasteiger partial charge in [0.1, 0.15) is 16.6 Å². The highest BCUT2D eigenvalue weighted by Crippen LogP contribution is 2.22. The maximum atomic E-state index is 13.1. The molecule has 1 saturated heterocycles. The number of hydrogen-bond donors (Lipinski definition) is 0. The van der Waals surface area contributed by atoms with E-state index in [1.807, 2.05) is 36.8 Å². The number of pyridine rings is 1. The molecule has 0 radical (unpaired) electrons. The second-order valence-corrected chi connectivity index (χ2v) is 10.2. The molecule has 3 aromatic rings. The molecule has 11 heteroatoms. The van der Waals surface area contributed by atoms with Gasteiger partial charge in [0.15, 0.2) is 0 Å². The van der Waals surface area contributed by atoms with Gasteiger partial charge in [-0.1, -0.05) is 17.8 Å². The number of aromatic nitrogens is 3. The van der Waals surface area contributed by atoms with Gasteiger partial charge in [-0.25, -0.2) is 9.97 Å². The van der Waals surface area contributed by atoms with E-state index in [9.17, 15) is 9.59 Å². The first-order valence-corrected chi connectivity index (χ1v) is 13.0. The van der Waals surface area contributed by atoms with Crippen LogP contribution in [0.2, 0.25) is 0 Å². The Hall–Kier alpha value is -2.34. The average Bonchev–Trinajstić information content (AvgIpc) is 3.41. The fraction of sp³-hybridized carbons (Fsp3) is 0.381. The predicted molar refractivity (Wildman–Crippen MR) is 125 cm³/mol. The molecule has 2 amide bonds. The van der Waals surface area contributed by atoms with E-state index in [0.717, 1.165) is 20.7 Å². The van der Waals surface area contributed by atoms with Crippen LogP contribution < -0.4 is 0 Å². The molecule has 1 atom stereocenters. The van der Waals surface area contributed by atoms with Gasteiger partial charge in [-0.05, 0) is 25.3 Å². The molecule has 0 aromatic carbocycles. The zero-order chi connectivity index (χ0) is 22.5. The summed E-state index contributed by atoms with van der Waals surface area (Å²) < 4.78 is 6.94. The lowest BCUT2D eigenvalue weighted by atomic mass is 10.3. The van der Waals surface area contributed by atoms with Crippen molar-refractivity contribution in [3.05, 3.63) is 57.2 Å². The number of thiazole rings is 2. The highest BCUT2D eigenvalue weighted by molar-refractivity contribution is 8.00. The number of carbonyl (C=O) groups is 2. The maximum Gasteiger partial charge on any atom is 0.273 e. The van der Waals surface area contributed by atoms with Gasteiger partial charge in [-0.15, -0.1) is 22.7 Å². The van der Waals surface area contributed by atoms with E-state index in [4.69, 9.17) is 4.74 Å². The Balaban J connectivity index is 1.52. The zero-order valence-electron chi connectivity index (χ0n) is 17.8. The first-order chi connectivity index (χ1) is 15.5. The Bertz CT molecular complexity index is 1070. The van der Waals surface area contributed by atoms with Crippen LogP contribution in [-0.4, -0.2) is 68.6 Å². The van der Waals surface area contributed by atoms with Crippen LogP contribution in [0.1, 0.15) is 26.9 Å². The average molecular weight is 490 g/mol. The second-order valence-electron chi connectivity index (χ2n) is 7.27. The minimum atomic E-state index is -0.356. The summed E-state index contributed by atoms with van der Waals surface area (Å²) in [4.78, 5) is 42.6. The van der Waals surface area contributed by atoms with Gasteiger partial charge in [0.05, 0.1) is 35.7 Å². The van der Waals surface area contributed by atoms with Crippen molar-refractivity contribution in [1.82, 2.24) is 24.8 Å². The normalized spacial score (nSPS) is 16.9. The summed E-state index contributed by atoms with van der Waals surface area (Å²) in [7, 11) is 0. The van der Waals surface area contributed by atoms with Gasteiger partial charge < -0.3 is 14.5 Å². The number of thioether (sulfide) groups is 1. The Morgan fingerprint density at radius 2 is 2.09 bits per heavy atom. The third-order valence-electron chi connectivity index (χ3n) is 4.90. The first-order valence-electron chi connectivity index (χ1n) is 10.0. The SMILES string of the molecule is CSc1nc(C(=O)N2CC(=O)N(Cc3csc(C)n3)CC(OCc3ccccn3)C2)cs1. The monoisotopic (exact) mass is 489 g/mol. The van der Waals surface area contributed by atoms with Crippen molar-refractivity contribution < 1.29 is 14.3 Å². The van der Waals surface area contributed by atoms with E-state index in [-0.39, 0.29) is 24.5 Å². The molecule has 4 rings (SSSR count). The molecule has 0 saturated carbocycles. The molecule has 1 aliphatic heterocycles. The summed E-state index contributed by atoms with van der Waals surface area (Å²) in [5.41, 5.74) is 2.00. The predicted octanol–water partition coefficient (Wildman–Crippen LogP) is 3.09. The number of hydrogen-bond acceptors (Lipinski definition) is 9. The van der Waals surface area contributed by atoms with Crippen molar-refractivity contribution in [2.75, 3.05) is 25.9 Å². The highest BCUT2D eigenvalue weighted by Gasteiger charge is 2.32. The summed E-state index contributed by atoms with van der Waals surface area (Å²) in [5, 5.41) is 4.65. The third kappa shape index (κ3) is 5.71. The summed E-state index contributed by atoms with van der Waals surface area (Å²) in [6.45, 7) is 3.29. The van der Waals surface area contributed by atoms with Crippen molar-refractivity contribution >= 4 is 46.2 Å². The van der Waals surface area contributed by atoms with E-state index in [0.29, 0.717) is 31.9 Å². The topological polar surface area (TPSA) is 88.5 Å². The van der Waals surface area contributed by atoms with Crippen molar-refractivity contribution in [3.8, 4) is 0 Å². The Kier molecular flexibility index (Phi) is 7.51. The van der Waals surface area contributed by atoms with Crippen LogP contribution >= 0.6 is 34.4 Å². The first kappa shape index (κ1) is 22.8. The van der Waals surface area contributed by atoms with Crippen LogP contribution in [-0.2, 0) is 22.7 Å². The van der Waals surface area contributed by atoms with E-state index < -0.39 is 0 Å². The van der Waals surface area contributed by atoms with Crippen molar-refractivity contribution in [1.29, 1.82) is 0 Å². The third-order valence-corrected chi connectivity index (χ3v) is 7.59. The summed E-state index contributed by atoms with van der Waals surface area (Å²) in [5.74, 6) is -0.388. The molecule has 1 aliphatic rings. The van der Waals surface area contributed by atoms with E-state index in [1.54, 1.807) is 27.8 Å². The molecule has 1 unspecified atom stereocenters. The lowest BCUT2D eigenvalue weighted by Gasteiger charge is -2.24. The van der Waals surface area contributed by atoms with Gasteiger partial charge in [-0.3, -0.25) is 14.6 Å². The standard InChI is InChI=1S/C21H23N5O3S3/c1-14-23-16(12-31-14)7-25-8-17(29-11-15-5-3-4-6-22-15)9-26(10-19(25)27)20(28)18-13-32-21(24-18)30-2/h3-6,12-13,17H,7-11H2,1-2H3. The highest BCUT2D eigenvalue weighted by atomic mass is 32.2. The van der Waals surface area contributed by atoms with Gasteiger partial charge in [0.2, 0.25) is 5.91 Å². The minimum Gasteiger partial charge on any atom is -0.368 e. The molecule has 168 valence electrons. The molecule has 4 heterocycles. The van der Waals surface area contributed by atoms with Crippen molar-refractivity contribution in [3.63, 3.8) is 0 Å². The fourth-order valence-corrected chi connectivity index (χ4v) is 5.21. The number of nitrogens with zero attached hydrogens (tertiary/aromatic N) is 5. The van der Waals surface area contributed by atoms with Crippen molar-refractivity contribution in [2.24, 2.45) is 0 Å². The smallest absolute Gasteiger partial charge is 0.273 e. The molecule has 3 aromatic heterocycles. The molecule has 1 fully saturated rings. The van der Waals surface area contributed by atoms with Crippen LogP contribution in [0.3, 0.4) is 0 Å². The minimum absolute atomic E-state index is 0.0163. The van der Waals surface area contributed by atoms with E-state index in [2.05, 4.69) is 15.0 Å². The van der Waals surface area contributed by atoms with Crippen molar-refractivity contribution in [2.45, 2.75) is 30.5 Å². The summed E-state index contributed by atoms with van der Waals surface area (Å²) >= 11 is 4.47. The number of amides is 2. The molecule has 32 heavy (non-hydrogen) atoms. The maximum absolute atomic E-state index is 13.1. The number of rotatable bonds is 7. The molecular formula is C21H23N5O3S3. The lowest BCUT2D eigenvalue weighted by molar-refractivity contribution is -0.132. The molecule has 0 bridgehead atoms. The Morgan fingerprint density at radius 3 is 2.78 bits per heavy atom. The molecular weight excluding hydrogens is 466 g/mol. The quantitative estimate of drug-likeness (QED) is 0.471. The molecule has 0 N–H and O–H groups in total. The molecule has 0 aliphatic carbocycles. The largest absolute Gasteiger partial charge is 0.368 e. The van der Waals surface area contributed by atoms with Crippen LogP contribution in [0.25, 0.3) is 0 Å². The van der Waals surface area contributed by atoms with Crippen LogP contribution in [0, 0.1) is 6.92 Å². The van der Waals surface area contributed by atoms with Crippen LogP contribution in [0.15, 0.2) is 39.5 Å². The Labute approximate surface area is 198 Å². The van der Waals surface area contributed by atoms with Gasteiger partial charge in [0, 0.05) is 30.0 Å². The summed E-state index contributed by atoms with van der Waals surface area (Å²) in [6.07, 6.45) is 3.28. The van der Waals surface area contributed by atoms with E-state index in [1.165, 1.54) is 28.0 Å². The van der Waals surface area contributed by atoms with Gasteiger partial charge >= 0.3 is 0 Å². The van der Waals surface area contributed by atoms with Gasteiger partial charge in [-0.2, -0.15) is 0 Å². The van der Waals surface area contributed by atoms with Crippen LogP contribution in [0.4, 0.5) is 0 Å². The zero-order valence-corrected chi connectivity index (χ0v) is 20.2. The van der Waals surface area contributed by atoms with Gasteiger partial charge in [0.25, 0.3) is 5.91 Å². The van der Waals surface area contributed by atoms with E-state index >= 15 is 0 Å². The lowest BCUT2D eigenvalue weighted by Crippen LogP contribution is -2.39.